The lowest BCUT2D eigenvalue weighted by Gasteiger charge is -2.25. The Hall–Kier alpha value is -1.07. The standard InChI is InChI=1S/C17H25BrN2O2/c1-17(2,3)22-16(21)20-15-9-5-8-14(15)19-11-12-6-4-7-13(18)10-12/h4,6-7,10,14-15,19H,5,8-9,11H2,1-3H3,(H,20,21). The first-order chi connectivity index (χ1) is 10.3. The molecule has 2 atom stereocenters. The Morgan fingerprint density at radius 3 is 2.73 bits per heavy atom. The van der Waals surface area contributed by atoms with Crippen LogP contribution in [-0.2, 0) is 11.3 Å². The van der Waals surface area contributed by atoms with Crippen LogP contribution in [0, 0.1) is 0 Å². The summed E-state index contributed by atoms with van der Waals surface area (Å²) in [6, 6.07) is 8.70. The van der Waals surface area contributed by atoms with E-state index in [-0.39, 0.29) is 12.1 Å². The van der Waals surface area contributed by atoms with Gasteiger partial charge in [0.15, 0.2) is 0 Å². The molecule has 1 saturated carbocycles. The van der Waals surface area contributed by atoms with Crippen LogP contribution in [0.2, 0.25) is 0 Å². The van der Waals surface area contributed by atoms with Crippen LogP contribution >= 0.6 is 15.9 Å². The zero-order chi connectivity index (χ0) is 16.2. The van der Waals surface area contributed by atoms with Crippen molar-refractivity contribution in [2.45, 2.75) is 64.3 Å². The Morgan fingerprint density at radius 1 is 1.32 bits per heavy atom. The fourth-order valence-electron chi connectivity index (χ4n) is 2.73. The molecule has 0 aromatic heterocycles. The maximum atomic E-state index is 11.9. The van der Waals surface area contributed by atoms with Crippen LogP contribution in [0.1, 0.15) is 45.6 Å². The zero-order valence-corrected chi connectivity index (χ0v) is 15.1. The predicted molar refractivity (Wildman–Crippen MR) is 91.8 cm³/mol. The number of hydrogen-bond acceptors (Lipinski definition) is 3. The molecule has 1 aliphatic rings. The van der Waals surface area contributed by atoms with Crippen molar-refractivity contribution in [3.63, 3.8) is 0 Å². The molecule has 1 aliphatic carbocycles. The predicted octanol–water partition coefficient (Wildman–Crippen LogP) is 3.98. The fourth-order valence-corrected chi connectivity index (χ4v) is 3.18. The molecule has 2 N–H and O–H groups in total. The molecule has 5 heteroatoms. The van der Waals surface area contributed by atoms with E-state index in [0.717, 1.165) is 30.3 Å². The Bertz CT molecular complexity index is 514. The van der Waals surface area contributed by atoms with E-state index >= 15 is 0 Å². The molecular formula is C17H25BrN2O2. The van der Waals surface area contributed by atoms with Gasteiger partial charge in [-0.3, -0.25) is 0 Å². The first-order valence-electron chi connectivity index (χ1n) is 7.81. The van der Waals surface area contributed by atoms with Gasteiger partial charge in [-0.25, -0.2) is 4.79 Å². The minimum atomic E-state index is -0.456. The SMILES string of the molecule is CC(C)(C)OC(=O)NC1CCCC1NCc1cccc(Br)c1. The minimum absolute atomic E-state index is 0.141. The van der Waals surface area contributed by atoms with Crippen molar-refractivity contribution in [2.75, 3.05) is 0 Å². The van der Waals surface area contributed by atoms with Crippen LogP contribution in [-0.4, -0.2) is 23.8 Å². The molecule has 22 heavy (non-hydrogen) atoms. The van der Waals surface area contributed by atoms with Gasteiger partial charge < -0.3 is 15.4 Å². The van der Waals surface area contributed by atoms with Gasteiger partial charge >= 0.3 is 6.09 Å². The summed E-state index contributed by atoms with van der Waals surface area (Å²) < 4.78 is 6.43. The van der Waals surface area contributed by atoms with Gasteiger partial charge in [-0.05, 0) is 57.7 Å². The second-order valence-corrected chi connectivity index (χ2v) is 7.72. The number of rotatable bonds is 4. The highest BCUT2D eigenvalue weighted by atomic mass is 79.9. The highest BCUT2D eigenvalue weighted by Gasteiger charge is 2.29. The van der Waals surface area contributed by atoms with Gasteiger partial charge in [0.25, 0.3) is 0 Å². The second-order valence-electron chi connectivity index (χ2n) is 6.80. The first kappa shape index (κ1) is 17.3. The summed E-state index contributed by atoms with van der Waals surface area (Å²) in [5.41, 5.74) is 0.777. The maximum absolute atomic E-state index is 11.9. The summed E-state index contributed by atoms with van der Waals surface area (Å²) in [5.74, 6) is 0. The molecule has 2 rings (SSSR count). The van der Waals surface area contributed by atoms with Gasteiger partial charge in [-0.15, -0.1) is 0 Å². The van der Waals surface area contributed by atoms with E-state index in [2.05, 4.69) is 38.7 Å². The number of amides is 1. The fraction of sp³-hybridized carbons (Fsp3) is 0.588. The van der Waals surface area contributed by atoms with E-state index < -0.39 is 5.60 Å². The molecule has 4 nitrogen and oxygen atoms in total. The molecule has 122 valence electrons. The van der Waals surface area contributed by atoms with Crippen molar-refractivity contribution in [1.29, 1.82) is 0 Å². The van der Waals surface area contributed by atoms with Crippen molar-refractivity contribution < 1.29 is 9.53 Å². The third-order valence-corrected chi connectivity index (χ3v) is 4.17. The molecule has 0 aliphatic heterocycles. The van der Waals surface area contributed by atoms with Crippen molar-refractivity contribution in [3.05, 3.63) is 34.3 Å². The molecule has 1 fully saturated rings. The van der Waals surface area contributed by atoms with E-state index in [9.17, 15) is 4.79 Å². The lowest BCUT2D eigenvalue weighted by atomic mass is 10.1. The lowest BCUT2D eigenvalue weighted by molar-refractivity contribution is 0.0498. The van der Waals surface area contributed by atoms with Gasteiger partial charge in [0.2, 0.25) is 0 Å². The van der Waals surface area contributed by atoms with Gasteiger partial charge in [0.1, 0.15) is 5.60 Å². The van der Waals surface area contributed by atoms with E-state index in [0.29, 0.717) is 6.04 Å². The Labute approximate surface area is 141 Å². The molecule has 2 unspecified atom stereocenters. The summed E-state index contributed by atoms with van der Waals surface area (Å²) in [6.07, 6.45) is 2.87. The highest BCUT2D eigenvalue weighted by Crippen LogP contribution is 2.21. The molecule has 0 radical (unpaired) electrons. The number of hydrogen-bond donors (Lipinski definition) is 2. The zero-order valence-electron chi connectivity index (χ0n) is 13.5. The van der Waals surface area contributed by atoms with Crippen LogP contribution < -0.4 is 10.6 Å². The van der Waals surface area contributed by atoms with E-state index in [1.54, 1.807) is 0 Å². The average Bonchev–Trinajstić information content (AvgIpc) is 2.81. The quantitative estimate of drug-likeness (QED) is 0.844. The normalized spacial score (nSPS) is 21.6. The smallest absolute Gasteiger partial charge is 0.407 e. The number of alkyl carbamates (subject to hydrolysis) is 1. The van der Waals surface area contributed by atoms with Crippen molar-refractivity contribution in [1.82, 2.24) is 10.6 Å². The number of ether oxygens (including phenoxy) is 1. The second kappa shape index (κ2) is 7.47. The average molecular weight is 369 g/mol. The lowest BCUT2D eigenvalue weighted by Crippen LogP contribution is -2.47. The largest absolute Gasteiger partial charge is 0.444 e. The molecule has 0 spiro atoms. The van der Waals surface area contributed by atoms with Crippen LogP contribution in [0.25, 0.3) is 0 Å². The van der Waals surface area contributed by atoms with E-state index in [1.807, 2.05) is 32.9 Å². The van der Waals surface area contributed by atoms with Crippen molar-refractivity contribution in [3.8, 4) is 0 Å². The van der Waals surface area contributed by atoms with Gasteiger partial charge in [-0.2, -0.15) is 0 Å². The Kier molecular flexibility index (Phi) is 5.87. The van der Waals surface area contributed by atoms with Crippen LogP contribution in [0.4, 0.5) is 4.79 Å². The minimum Gasteiger partial charge on any atom is -0.444 e. The summed E-state index contributed by atoms with van der Waals surface area (Å²) in [6.45, 7) is 6.44. The number of carbonyl (C=O) groups is 1. The molecule has 0 bridgehead atoms. The number of carbonyl (C=O) groups excluding carboxylic acids is 1. The van der Waals surface area contributed by atoms with Crippen molar-refractivity contribution >= 4 is 22.0 Å². The van der Waals surface area contributed by atoms with Crippen molar-refractivity contribution in [2.24, 2.45) is 0 Å². The summed E-state index contributed by atoms with van der Waals surface area (Å²) in [5, 5.41) is 6.55. The molecular weight excluding hydrogens is 344 g/mol. The third kappa shape index (κ3) is 5.61. The number of nitrogens with one attached hydrogen (secondary N) is 2. The summed E-state index contributed by atoms with van der Waals surface area (Å²) in [4.78, 5) is 11.9. The van der Waals surface area contributed by atoms with Gasteiger partial charge in [0, 0.05) is 23.1 Å². The maximum Gasteiger partial charge on any atom is 0.407 e. The van der Waals surface area contributed by atoms with Gasteiger partial charge in [-0.1, -0.05) is 28.1 Å². The molecule has 0 saturated heterocycles. The third-order valence-electron chi connectivity index (χ3n) is 3.68. The van der Waals surface area contributed by atoms with Crippen LogP contribution in [0.5, 0.6) is 0 Å². The van der Waals surface area contributed by atoms with E-state index in [4.69, 9.17) is 4.74 Å². The first-order valence-corrected chi connectivity index (χ1v) is 8.60. The molecule has 0 heterocycles. The van der Waals surface area contributed by atoms with Crippen LogP contribution in [0.15, 0.2) is 28.7 Å². The topological polar surface area (TPSA) is 50.4 Å². The van der Waals surface area contributed by atoms with Crippen LogP contribution in [0.3, 0.4) is 0 Å². The molecule has 1 aromatic carbocycles. The highest BCUT2D eigenvalue weighted by molar-refractivity contribution is 9.10. The Balaban J connectivity index is 1.84. The number of benzene rings is 1. The van der Waals surface area contributed by atoms with Gasteiger partial charge in [0.05, 0.1) is 0 Å². The number of halogens is 1. The molecule has 1 amide bonds. The Morgan fingerprint density at radius 2 is 2.05 bits per heavy atom. The monoisotopic (exact) mass is 368 g/mol. The summed E-state index contributed by atoms with van der Waals surface area (Å²) >= 11 is 3.49. The summed E-state index contributed by atoms with van der Waals surface area (Å²) in [7, 11) is 0. The van der Waals surface area contributed by atoms with E-state index in [1.165, 1.54) is 5.56 Å². The molecule has 1 aromatic rings.